The third-order valence-electron chi connectivity index (χ3n) is 3.14. The molecular formula is C16H17N3O3. The standard InChI is InChI=1S/C16H17N3O3/c1-12(20)10-19(13-6-3-2-4-7-13)11-15-17-16(18-22-15)14-8-5-9-21-14/h2-9,12,20H,10-11H2,1H3/t12-/m0/s1. The summed E-state index contributed by atoms with van der Waals surface area (Å²) in [5, 5.41) is 13.6. The van der Waals surface area contributed by atoms with E-state index in [-0.39, 0.29) is 0 Å². The number of furan rings is 1. The molecule has 0 fully saturated rings. The van der Waals surface area contributed by atoms with Gasteiger partial charge in [0.2, 0.25) is 11.7 Å². The summed E-state index contributed by atoms with van der Waals surface area (Å²) < 4.78 is 10.5. The first kappa shape index (κ1) is 14.3. The first-order valence-electron chi connectivity index (χ1n) is 7.07. The zero-order valence-electron chi connectivity index (χ0n) is 12.2. The lowest BCUT2D eigenvalue weighted by molar-refractivity contribution is 0.198. The van der Waals surface area contributed by atoms with Gasteiger partial charge >= 0.3 is 0 Å². The topological polar surface area (TPSA) is 75.5 Å². The van der Waals surface area contributed by atoms with Crippen molar-refractivity contribution in [2.24, 2.45) is 0 Å². The number of hydrogen-bond acceptors (Lipinski definition) is 6. The van der Waals surface area contributed by atoms with Gasteiger partial charge in [-0.05, 0) is 31.2 Å². The van der Waals surface area contributed by atoms with Gasteiger partial charge in [-0.3, -0.25) is 0 Å². The van der Waals surface area contributed by atoms with E-state index in [1.54, 1.807) is 25.3 Å². The summed E-state index contributed by atoms with van der Waals surface area (Å²) >= 11 is 0. The quantitative estimate of drug-likeness (QED) is 0.754. The zero-order chi connectivity index (χ0) is 15.4. The van der Waals surface area contributed by atoms with Crippen LogP contribution in [0.1, 0.15) is 12.8 Å². The van der Waals surface area contributed by atoms with Crippen molar-refractivity contribution in [3.8, 4) is 11.6 Å². The summed E-state index contributed by atoms with van der Waals surface area (Å²) in [7, 11) is 0. The van der Waals surface area contributed by atoms with Crippen molar-refractivity contribution in [3.63, 3.8) is 0 Å². The predicted molar refractivity (Wildman–Crippen MR) is 81.2 cm³/mol. The molecule has 0 bridgehead atoms. The maximum absolute atomic E-state index is 9.69. The number of hydrogen-bond donors (Lipinski definition) is 1. The van der Waals surface area contributed by atoms with E-state index >= 15 is 0 Å². The summed E-state index contributed by atoms with van der Waals surface area (Å²) in [6.07, 6.45) is 1.10. The molecule has 6 heteroatoms. The Morgan fingerprint density at radius 3 is 2.68 bits per heavy atom. The molecule has 1 aromatic carbocycles. The Morgan fingerprint density at radius 1 is 1.18 bits per heavy atom. The van der Waals surface area contributed by atoms with Crippen molar-refractivity contribution in [1.82, 2.24) is 10.1 Å². The number of anilines is 1. The van der Waals surface area contributed by atoms with E-state index in [0.29, 0.717) is 30.6 Å². The molecule has 0 saturated carbocycles. The highest BCUT2D eigenvalue weighted by atomic mass is 16.5. The third-order valence-corrected chi connectivity index (χ3v) is 3.14. The summed E-state index contributed by atoms with van der Waals surface area (Å²) in [5.41, 5.74) is 0.987. The minimum Gasteiger partial charge on any atom is -0.461 e. The van der Waals surface area contributed by atoms with Crippen LogP contribution in [0.15, 0.2) is 57.7 Å². The van der Waals surface area contributed by atoms with Gasteiger partial charge in [0.05, 0.1) is 18.9 Å². The van der Waals surface area contributed by atoms with Gasteiger partial charge in [0.1, 0.15) is 0 Å². The SMILES string of the molecule is C[C@H](O)CN(Cc1nc(-c2ccco2)no1)c1ccccc1. The molecule has 114 valence electrons. The van der Waals surface area contributed by atoms with Gasteiger partial charge in [-0.25, -0.2) is 0 Å². The highest BCUT2D eigenvalue weighted by molar-refractivity contribution is 5.47. The van der Waals surface area contributed by atoms with Gasteiger partial charge in [-0.1, -0.05) is 23.4 Å². The molecule has 22 heavy (non-hydrogen) atoms. The second-order valence-electron chi connectivity index (χ2n) is 5.05. The van der Waals surface area contributed by atoms with Gasteiger partial charge in [0, 0.05) is 12.2 Å². The molecule has 0 spiro atoms. The van der Waals surface area contributed by atoms with Crippen LogP contribution in [0.2, 0.25) is 0 Å². The van der Waals surface area contributed by atoms with E-state index in [1.807, 2.05) is 35.2 Å². The number of aliphatic hydroxyl groups is 1. The van der Waals surface area contributed by atoms with Crippen LogP contribution in [-0.4, -0.2) is 27.9 Å². The van der Waals surface area contributed by atoms with Gasteiger partial charge in [-0.2, -0.15) is 4.98 Å². The van der Waals surface area contributed by atoms with Crippen molar-refractivity contribution >= 4 is 5.69 Å². The molecule has 2 heterocycles. The maximum atomic E-state index is 9.69. The fraction of sp³-hybridized carbons (Fsp3) is 0.250. The molecule has 0 aliphatic heterocycles. The van der Waals surface area contributed by atoms with Crippen LogP contribution < -0.4 is 4.90 Å². The third kappa shape index (κ3) is 3.35. The van der Waals surface area contributed by atoms with Crippen molar-refractivity contribution < 1.29 is 14.0 Å². The van der Waals surface area contributed by atoms with Gasteiger partial charge in [0.15, 0.2) is 5.76 Å². The summed E-state index contributed by atoms with van der Waals surface area (Å²) in [6.45, 7) is 2.64. The van der Waals surface area contributed by atoms with Gasteiger partial charge in [0.25, 0.3) is 0 Å². The van der Waals surface area contributed by atoms with Crippen molar-refractivity contribution in [1.29, 1.82) is 0 Å². The Morgan fingerprint density at radius 2 is 2.00 bits per heavy atom. The minimum atomic E-state index is -0.465. The molecular weight excluding hydrogens is 282 g/mol. The second-order valence-corrected chi connectivity index (χ2v) is 5.05. The van der Waals surface area contributed by atoms with Crippen LogP contribution in [0, 0.1) is 0 Å². The van der Waals surface area contributed by atoms with Crippen molar-refractivity contribution in [2.45, 2.75) is 19.6 Å². The summed E-state index contributed by atoms with van der Waals surface area (Å²) in [6, 6.07) is 13.4. The average molecular weight is 299 g/mol. The van der Waals surface area contributed by atoms with Crippen molar-refractivity contribution in [3.05, 3.63) is 54.6 Å². The fourth-order valence-corrected chi connectivity index (χ4v) is 2.21. The maximum Gasteiger partial charge on any atom is 0.246 e. The lowest BCUT2D eigenvalue weighted by Gasteiger charge is -2.24. The largest absolute Gasteiger partial charge is 0.461 e. The van der Waals surface area contributed by atoms with E-state index in [0.717, 1.165) is 5.69 Å². The van der Waals surface area contributed by atoms with E-state index in [1.165, 1.54) is 0 Å². The highest BCUT2D eigenvalue weighted by Gasteiger charge is 2.16. The first-order chi connectivity index (χ1) is 10.7. The Kier molecular flexibility index (Phi) is 4.20. The van der Waals surface area contributed by atoms with Crippen molar-refractivity contribution in [2.75, 3.05) is 11.4 Å². The lowest BCUT2D eigenvalue weighted by atomic mass is 10.2. The fourth-order valence-electron chi connectivity index (χ4n) is 2.21. The molecule has 0 saturated heterocycles. The average Bonchev–Trinajstić information content (AvgIpc) is 3.18. The normalized spacial score (nSPS) is 12.3. The monoisotopic (exact) mass is 299 g/mol. The van der Waals surface area contributed by atoms with Crippen LogP contribution >= 0.6 is 0 Å². The number of rotatable bonds is 6. The van der Waals surface area contributed by atoms with Crippen LogP contribution in [0.5, 0.6) is 0 Å². The molecule has 0 unspecified atom stereocenters. The number of para-hydroxylation sites is 1. The number of aromatic nitrogens is 2. The summed E-state index contributed by atoms with van der Waals surface area (Å²) in [5.74, 6) is 1.46. The molecule has 1 N–H and O–H groups in total. The van der Waals surface area contributed by atoms with Crippen LogP contribution in [0.25, 0.3) is 11.6 Å². The molecule has 3 aromatic rings. The zero-order valence-corrected chi connectivity index (χ0v) is 12.2. The number of nitrogens with zero attached hydrogens (tertiary/aromatic N) is 3. The van der Waals surface area contributed by atoms with Crippen LogP contribution in [0.3, 0.4) is 0 Å². The Balaban J connectivity index is 1.79. The predicted octanol–water partition coefficient (Wildman–Crippen LogP) is 2.72. The van der Waals surface area contributed by atoms with Gasteiger partial charge < -0.3 is 18.9 Å². The van der Waals surface area contributed by atoms with E-state index in [4.69, 9.17) is 8.94 Å². The molecule has 0 aliphatic carbocycles. The van der Waals surface area contributed by atoms with E-state index < -0.39 is 6.10 Å². The Labute approximate surface area is 128 Å². The Hall–Kier alpha value is -2.60. The van der Waals surface area contributed by atoms with E-state index in [2.05, 4.69) is 10.1 Å². The van der Waals surface area contributed by atoms with Crippen LogP contribution in [0.4, 0.5) is 5.69 Å². The van der Waals surface area contributed by atoms with Crippen LogP contribution in [-0.2, 0) is 6.54 Å². The Bertz CT molecular complexity index is 693. The molecule has 6 nitrogen and oxygen atoms in total. The molecule has 0 amide bonds. The van der Waals surface area contributed by atoms with E-state index in [9.17, 15) is 5.11 Å². The molecule has 1 atom stereocenters. The second kappa shape index (κ2) is 6.44. The minimum absolute atomic E-state index is 0.419. The number of aliphatic hydroxyl groups excluding tert-OH is 1. The van der Waals surface area contributed by atoms with Gasteiger partial charge in [-0.15, -0.1) is 0 Å². The molecule has 3 rings (SSSR count). The molecule has 0 aliphatic rings. The summed E-state index contributed by atoms with van der Waals surface area (Å²) in [4.78, 5) is 6.32. The highest BCUT2D eigenvalue weighted by Crippen LogP contribution is 2.19. The number of benzene rings is 1. The first-order valence-corrected chi connectivity index (χ1v) is 7.07. The lowest BCUT2D eigenvalue weighted by Crippen LogP contribution is -2.30. The smallest absolute Gasteiger partial charge is 0.246 e. The molecule has 2 aromatic heterocycles. The molecule has 0 radical (unpaired) electrons.